The Bertz CT molecular complexity index is 1350. The lowest BCUT2D eigenvalue weighted by atomic mass is 10.1. The van der Waals surface area contributed by atoms with E-state index in [9.17, 15) is 8.60 Å². The number of benzene rings is 2. The third-order valence-corrected chi connectivity index (χ3v) is 7.78. The van der Waals surface area contributed by atoms with E-state index < -0.39 is 22.8 Å². The molecule has 0 spiro atoms. The third-order valence-electron chi connectivity index (χ3n) is 5.06. The summed E-state index contributed by atoms with van der Waals surface area (Å²) in [5, 5.41) is 0.427. The molecule has 5 rings (SSSR count). The summed E-state index contributed by atoms with van der Waals surface area (Å²) in [6.45, 7) is 0. The Morgan fingerprint density at radius 2 is 2.00 bits per heavy atom. The number of halogens is 2. The second-order valence-corrected chi connectivity index (χ2v) is 9.56. The van der Waals surface area contributed by atoms with Crippen LogP contribution < -0.4 is 5.73 Å². The molecule has 2 aromatic heterocycles. The summed E-state index contributed by atoms with van der Waals surface area (Å²) in [6, 6.07) is 10.4. The van der Waals surface area contributed by atoms with Crippen molar-refractivity contribution in [2.24, 2.45) is 10.7 Å². The highest BCUT2D eigenvalue weighted by atomic mass is 32.2. The highest BCUT2D eigenvalue weighted by Gasteiger charge is 2.30. The molecule has 0 radical (unpaired) electrons. The maximum Gasteiger partial charge on any atom is 0.226 e. The highest BCUT2D eigenvalue weighted by Crippen LogP contribution is 2.42. The maximum absolute atomic E-state index is 15.3. The van der Waals surface area contributed by atoms with Crippen LogP contribution in [-0.2, 0) is 11.0 Å². The molecule has 0 fully saturated rings. The zero-order valence-corrected chi connectivity index (χ0v) is 17.8. The molecule has 2 aromatic carbocycles. The molecule has 31 heavy (non-hydrogen) atoms. The summed E-state index contributed by atoms with van der Waals surface area (Å²) in [4.78, 5) is 8.99. The lowest BCUT2D eigenvalue weighted by molar-refractivity contribution is 0.588. The molecular formula is C21H16F2N4O2S2. The number of oxazole rings is 1. The number of fused-ring (bicyclic) bond motifs is 1. The molecule has 2 unspecified atom stereocenters. The van der Waals surface area contributed by atoms with E-state index in [4.69, 9.17) is 10.2 Å². The van der Waals surface area contributed by atoms with Crippen molar-refractivity contribution in [1.82, 2.24) is 9.29 Å². The van der Waals surface area contributed by atoms with Gasteiger partial charge in [-0.3, -0.25) is 4.31 Å². The molecule has 0 bridgehead atoms. The Balaban J connectivity index is 1.58. The maximum atomic E-state index is 15.3. The quantitative estimate of drug-likeness (QED) is 0.491. The molecule has 158 valence electrons. The normalized spacial score (nSPS) is 19.1. The van der Waals surface area contributed by atoms with Gasteiger partial charge in [0, 0.05) is 28.3 Å². The fourth-order valence-electron chi connectivity index (χ4n) is 3.40. The standard InChI is InChI=1S/C21H16F2N4O2S2/c1-27-21(24)26-15(10-31(27)28)19-17(23)14-4-2-3-13(18(14)30-19)16-9-25-20(29-16)11-5-7-12(22)8-6-11/h2-9,15H,10H2,1H3,(H2,24,26). The van der Waals surface area contributed by atoms with E-state index in [1.54, 1.807) is 37.5 Å². The SMILES string of the molecule is CN1C(N)=NC(c2sc3c(-c4cnc(-c5ccc(F)cc5)o4)cccc3c2F)CS1=O. The van der Waals surface area contributed by atoms with Gasteiger partial charge < -0.3 is 10.2 Å². The molecule has 1 aliphatic rings. The van der Waals surface area contributed by atoms with Crippen molar-refractivity contribution in [3.63, 3.8) is 0 Å². The van der Waals surface area contributed by atoms with E-state index in [1.807, 2.05) is 6.07 Å². The topological polar surface area (TPSA) is 84.7 Å². The lowest BCUT2D eigenvalue weighted by Crippen LogP contribution is -2.41. The van der Waals surface area contributed by atoms with Crippen molar-refractivity contribution in [3.05, 3.63) is 65.2 Å². The second kappa shape index (κ2) is 7.54. The number of guanidine groups is 1. The third kappa shape index (κ3) is 3.41. The second-order valence-electron chi connectivity index (χ2n) is 6.99. The summed E-state index contributed by atoms with van der Waals surface area (Å²) in [5.41, 5.74) is 7.16. The van der Waals surface area contributed by atoms with Gasteiger partial charge in [0.25, 0.3) is 0 Å². The van der Waals surface area contributed by atoms with Crippen LogP contribution in [0.5, 0.6) is 0 Å². The summed E-state index contributed by atoms with van der Waals surface area (Å²) in [7, 11) is 0.216. The zero-order valence-electron chi connectivity index (χ0n) is 16.2. The molecule has 10 heteroatoms. The molecule has 0 aliphatic carbocycles. The molecule has 0 amide bonds. The molecular weight excluding hydrogens is 442 g/mol. The summed E-state index contributed by atoms with van der Waals surface area (Å²) >= 11 is 1.24. The molecule has 2 atom stereocenters. The summed E-state index contributed by atoms with van der Waals surface area (Å²) in [5.74, 6) is 0.335. The number of nitrogens with two attached hydrogens (primary N) is 1. The first-order valence-electron chi connectivity index (χ1n) is 9.31. The van der Waals surface area contributed by atoms with Crippen LogP contribution in [0.1, 0.15) is 10.9 Å². The first-order chi connectivity index (χ1) is 14.9. The minimum absolute atomic E-state index is 0.117. The van der Waals surface area contributed by atoms with Gasteiger partial charge in [0.05, 0.1) is 16.8 Å². The van der Waals surface area contributed by atoms with Gasteiger partial charge >= 0.3 is 0 Å². The Labute approximate surface area is 182 Å². The Kier molecular flexibility index (Phi) is 4.82. The zero-order chi connectivity index (χ0) is 21.7. The molecule has 6 nitrogen and oxygen atoms in total. The van der Waals surface area contributed by atoms with E-state index in [-0.39, 0.29) is 17.5 Å². The monoisotopic (exact) mass is 458 g/mol. The Morgan fingerprint density at radius 1 is 1.23 bits per heavy atom. The van der Waals surface area contributed by atoms with Gasteiger partial charge in [0.2, 0.25) is 11.9 Å². The average molecular weight is 459 g/mol. The highest BCUT2D eigenvalue weighted by molar-refractivity contribution is 7.83. The van der Waals surface area contributed by atoms with Crippen molar-refractivity contribution in [3.8, 4) is 22.8 Å². The molecule has 3 heterocycles. The first kappa shape index (κ1) is 19.8. The minimum atomic E-state index is -1.37. The van der Waals surface area contributed by atoms with Crippen molar-refractivity contribution in [2.75, 3.05) is 12.8 Å². The number of hydrogen-bond donors (Lipinski definition) is 1. The van der Waals surface area contributed by atoms with Crippen LogP contribution in [0.4, 0.5) is 8.78 Å². The Hall–Kier alpha value is -3.11. The number of aromatic nitrogens is 1. The van der Waals surface area contributed by atoms with Crippen molar-refractivity contribution in [1.29, 1.82) is 0 Å². The number of hydrogen-bond acceptors (Lipinski definition) is 6. The molecule has 2 N–H and O–H groups in total. The lowest BCUT2D eigenvalue weighted by Gasteiger charge is -2.25. The van der Waals surface area contributed by atoms with Gasteiger partial charge in [0.15, 0.2) is 5.76 Å². The van der Waals surface area contributed by atoms with Crippen molar-refractivity contribution >= 4 is 38.4 Å². The van der Waals surface area contributed by atoms with Crippen LogP contribution in [0, 0.1) is 11.6 Å². The van der Waals surface area contributed by atoms with E-state index >= 15 is 4.39 Å². The average Bonchev–Trinajstić information content (AvgIpc) is 3.37. The first-order valence-corrected chi connectivity index (χ1v) is 11.4. The van der Waals surface area contributed by atoms with Crippen molar-refractivity contribution < 1.29 is 17.4 Å². The van der Waals surface area contributed by atoms with Crippen LogP contribution in [0.25, 0.3) is 32.9 Å². The van der Waals surface area contributed by atoms with Gasteiger partial charge in [-0.25, -0.2) is 23.0 Å². The van der Waals surface area contributed by atoms with Crippen molar-refractivity contribution in [2.45, 2.75) is 6.04 Å². The number of aliphatic imine (C=N–C) groups is 1. The van der Waals surface area contributed by atoms with Crippen LogP contribution in [0.2, 0.25) is 0 Å². The van der Waals surface area contributed by atoms with Gasteiger partial charge in [-0.05, 0) is 30.3 Å². The van der Waals surface area contributed by atoms with Crippen LogP contribution >= 0.6 is 11.3 Å². The largest absolute Gasteiger partial charge is 0.436 e. The summed E-state index contributed by atoms with van der Waals surface area (Å²) < 4.78 is 48.7. The summed E-state index contributed by atoms with van der Waals surface area (Å²) in [6.07, 6.45) is 1.56. The van der Waals surface area contributed by atoms with Gasteiger partial charge in [-0.2, -0.15) is 0 Å². The van der Waals surface area contributed by atoms with E-state index in [2.05, 4.69) is 9.98 Å². The minimum Gasteiger partial charge on any atom is -0.436 e. The predicted octanol–water partition coefficient (Wildman–Crippen LogP) is 4.47. The van der Waals surface area contributed by atoms with Crippen LogP contribution in [0.3, 0.4) is 0 Å². The fourth-order valence-corrected chi connectivity index (χ4v) is 5.74. The van der Waals surface area contributed by atoms with Crippen LogP contribution in [0.15, 0.2) is 58.1 Å². The number of thiophene rings is 1. The molecule has 1 aliphatic heterocycles. The molecule has 0 saturated carbocycles. The van der Waals surface area contributed by atoms with Gasteiger partial charge in [0.1, 0.15) is 28.7 Å². The van der Waals surface area contributed by atoms with Gasteiger partial charge in [-0.1, -0.05) is 12.1 Å². The number of rotatable bonds is 3. The van der Waals surface area contributed by atoms with E-state index in [0.717, 1.165) is 0 Å². The fraction of sp³-hybridized carbons (Fsp3) is 0.143. The Morgan fingerprint density at radius 3 is 2.74 bits per heavy atom. The van der Waals surface area contributed by atoms with E-state index in [1.165, 1.54) is 27.8 Å². The predicted molar refractivity (Wildman–Crippen MR) is 118 cm³/mol. The number of nitrogens with zero attached hydrogens (tertiary/aromatic N) is 3. The van der Waals surface area contributed by atoms with E-state index in [0.29, 0.717) is 37.7 Å². The van der Waals surface area contributed by atoms with Crippen LogP contribution in [-0.4, -0.2) is 32.3 Å². The molecule has 4 aromatic rings. The smallest absolute Gasteiger partial charge is 0.226 e. The molecule has 0 saturated heterocycles. The van der Waals surface area contributed by atoms with Gasteiger partial charge in [-0.15, -0.1) is 11.3 Å².